The van der Waals surface area contributed by atoms with Gasteiger partial charge in [-0.1, -0.05) is 26.0 Å². The molecule has 0 radical (unpaired) electrons. The van der Waals surface area contributed by atoms with Gasteiger partial charge < -0.3 is 4.74 Å². The quantitative estimate of drug-likeness (QED) is 0.482. The number of aromatic amines is 1. The molecule has 1 atom stereocenters. The van der Waals surface area contributed by atoms with Crippen LogP contribution in [-0.4, -0.2) is 62.0 Å². The van der Waals surface area contributed by atoms with Gasteiger partial charge in [-0.25, -0.2) is 9.50 Å². The molecule has 1 saturated heterocycles. The Kier molecular flexibility index (Phi) is 5.26. The van der Waals surface area contributed by atoms with E-state index < -0.39 is 0 Å². The molecule has 6 rings (SSSR count). The topological polar surface area (TPSA) is 71.3 Å². The molecule has 1 N–H and O–H groups in total. The SMILES string of the molecule is Cc1cc(-c2[nH]nc(-c3ccc4c(c3)CCC(N(C)C3COC3)C4)c2C(C)C)cn2ncnc12. The van der Waals surface area contributed by atoms with E-state index >= 15 is 0 Å². The third-order valence-corrected chi connectivity index (χ3v) is 7.68. The highest BCUT2D eigenvalue weighted by Crippen LogP contribution is 2.37. The van der Waals surface area contributed by atoms with Crippen molar-refractivity contribution in [2.24, 2.45) is 0 Å². The highest BCUT2D eigenvalue weighted by atomic mass is 16.5. The Morgan fingerprint density at radius 3 is 2.74 bits per heavy atom. The van der Waals surface area contributed by atoms with Crippen LogP contribution in [0.5, 0.6) is 0 Å². The van der Waals surface area contributed by atoms with Gasteiger partial charge >= 0.3 is 0 Å². The first-order valence-electron chi connectivity index (χ1n) is 12.3. The van der Waals surface area contributed by atoms with Gasteiger partial charge in [0.05, 0.1) is 30.6 Å². The number of aryl methyl sites for hydroxylation is 2. The summed E-state index contributed by atoms with van der Waals surface area (Å²) in [7, 11) is 2.26. The first-order chi connectivity index (χ1) is 16.5. The summed E-state index contributed by atoms with van der Waals surface area (Å²) in [5.41, 5.74) is 10.6. The summed E-state index contributed by atoms with van der Waals surface area (Å²) in [6.07, 6.45) is 7.06. The summed E-state index contributed by atoms with van der Waals surface area (Å²) in [6.45, 7) is 8.30. The minimum absolute atomic E-state index is 0.328. The molecule has 34 heavy (non-hydrogen) atoms. The van der Waals surface area contributed by atoms with Crippen molar-refractivity contribution in [2.75, 3.05) is 20.3 Å². The number of H-pyrrole nitrogens is 1. The summed E-state index contributed by atoms with van der Waals surface area (Å²) >= 11 is 0. The molecule has 7 nitrogen and oxygen atoms in total. The zero-order chi connectivity index (χ0) is 23.4. The number of benzene rings is 1. The Morgan fingerprint density at radius 2 is 1.97 bits per heavy atom. The number of hydrogen-bond donors (Lipinski definition) is 1. The molecule has 7 heteroatoms. The molecule has 1 fully saturated rings. The third kappa shape index (κ3) is 3.54. The number of nitrogens with zero attached hydrogens (tertiary/aromatic N) is 5. The number of ether oxygens (including phenoxy) is 1. The van der Waals surface area contributed by atoms with Crippen LogP contribution in [0.3, 0.4) is 0 Å². The fourth-order valence-corrected chi connectivity index (χ4v) is 5.57. The second-order valence-corrected chi connectivity index (χ2v) is 10.2. The fourth-order valence-electron chi connectivity index (χ4n) is 5.57. The first-order valence-corrected chi connectivity index (χ1v) is 12.3. The molecule has 1 aliphatic carbocycles. The molecule has 1 unspecified atom stereocenters. The van der Waals surface area contributed by atoms with Crippen LogP contribution in [0, 0.1) is 6.92 Å². The third-order valence-electron chi connectivity index (χ3n) is 7.68. The summed E-state index contributed by atoms with van der Waals surface area (Å²) < 4.78 is 7.25. The van der Waals surface area contributed by atoms with Gasteiger partial charge in [-0.05, 0) is 68.0 Å². The number of aromatic nitrogens is 5. The van der Waals surface area contributed by atoms with Gasteiger partial charge in [-0.15, -0.1) is 0 Å². The van der Waals surface area contributed by atoms with Crippen molar-refractivity contribution in [3.05, 3.63) is 59.0 Å². The summed E-state index contributed by atoms with van der Waals surface area (Å²) in [5.74, 6) is 0.328. The summed E-state index contributed by atoms with van der Waals surface area (Å²) in [4.78, 5) is 6.89. The largest absolute Gasteiger partial charge is 0.378 e. The van der Waals surface area contributed by atoms with Gasteiger partial charge in [0.25, 0.3) is 0 Å². The monoisotopic (exact) mass is 456 g/mol. The predicted molar refractivity (Wildman–Crippen MR) is 133 cm³/mol. The summed E-state index contributed by atoms with van der Waals surface area (Å²) in [5, 5.41) is 12.5. The number of fused-ring (bicyclic) bond motifs is 2. The molecule has 1 aliphatic heterocycles. The van der Waals surface area contributed by atoms with Crippen molar-refractivity contribution in [1.29, 1.82) is 0 Å². The molecule has 0 bridgehead atoms. The average Bonchev–Trinajstić information content (AvgIpc) is 3.44. The number of rotatable bonds is 5. The molecule has 2 aliphatic rings. The Bertz CT molecular complexity index is 1350. The van der Waals surface area contributed by atoms with Gasteiger partial charge in [0.15, 0.2) is 5.65 Å². The Morgan fingerprint density at radius 1 is 1.12 bits per heavy atom. The lowest BCUT2D eigenvalue weighted by atomic mass is 9.85. The van der Waals surface area contributed by atoms with Gasteiger partial charge in [0.1, 0.15) is 6.33 Å². The molecule has 0 spiro atoms. The smallest absolute Gasteiger partial charge is 0.158 e. The molecule has 176 valence electrons. The van der Waals surface area contributed by atoms with Crippen molar-refractivity contribution < 1.29 is 4.74 Å². The van der Waals surface area contributed by atoms with Crippen molar-refractivity contribution in [3.8, 4) is 22.5 Å². The minimum Gasteiger partial charge on any atom is -0.378 e. The standard InChI is InChI=1S/C27H32N6O/c1-16(2)24-25(30-31-26(24)21-9-17(3)27-28-15-29-33(27)12-21)20-6-5-19-11-22(8-7-18(19)10-20)32(4)23-13-34-14-23/h5-6,9-10,12,15-16,22-23H,7-8,11,13-14H2,1-4H3,(H,30,31). The average molecular weight is 457 g/mol. The highest BCUT2D eigenvalue weighted by molar-refractivity contribution is 5.76. The van der Waals surface area contributed by atoms with Gasteiger partial charge in [0, 0.05) is 28.9 Å². The van der Waals surface area contributed by atoms with Crippen LogP contribution in [0.1, 0.15) is 48.4 Å². The molecule has 1 aromatic carbocycles. The molecular weight excluding hydrogens is 424 g/mol. The van der Waals surface area contributed by atoms with E-state index in [2.05, 4.69) is 72.2 Å². The molecular formula is C27H32N6O. The van der Waals surface area contributed by atoms with Crippen molar-refractivity contribution in [1.82, 2.24) is 29.7 Å². The second-order valence-electron chi connectivity index (χ2n) is 10.2. The lowest BCUT2D eigenvalue weighted by Crippen LogP contribution is -2.52. The normalized spacial score (nSPS) is 18.6. The number of nitrogens with one attached hydrogen (secondary N) is 1. The first kappa shape index (κ1) is 21.5. The molecule has 4 aromatic rings. The lowest BCUT2D eigenvalue weighted by Gasteiger charge is -2.41. The maximum absolute atomic E-state index is 5.41. The zero-order valence-corrected chi connectivity index (χ0v) is 20.4. The number of hydrogen-bond acceptors (Lipinski definition) is 5. The Balaban J connectivity index is 1.34. The molecule has 4 heterocycles. The van der Waals surface area contributed by atoms with Crippen LogP contribution in [0.25, 0.3) is 28.2 Å². The number of likely N-dealkylation sites (N-methyl/N-ethyl adjacent to an activating group) is 1. The second kappa shape index (κ2) is 8.32. The molecule has 0 amide bonds. The number of pyridine rings is 1. The van der Waals surface area contributed by atoms with E-state index in [0.29, 0.717) is 18.0 Å². The molecule has 0 saturated carbocycles. The van der Waals surface area contributed by atoms with Crippen LogP contribution < -0.4 is 0 Å². The highest BCUT2D eigenvalue weighted by Gasteiger charge is 2.31. The van der Waals surface area contributed by atoms with E-state index in [1.807, 2.05) is 10.7 Å². The maximum atomic E-state index is 5.41. The van der Waals surface area contributed by atoms with Crippen LogP contribution >= 0.6 is 0 Å². The molecule has 3 aromatic heterocycles. The van der Waals surface area contributed by atoms with Crippen LogP contribution in [0.15, 0.2) is 36.8 Å². The van der Waals surface area contributed by atoms with Crippen molar-refractivity contribution in [3.63, 3.8) is 0 Å². The lowest BCUT2D eigenvalue weighted by molar-refractivity contribution is -0.0707. The minimum atomic E-state index is 0.328. The maximum Gasteiger partial charge on any atom is 0.158 e. The van der Waals surface area contributed by atoms with Crippen molar-refractivity contribution >= 4 is 5.65 Å². The van der Waals surface area contributed by atoms with E-state index in [1.54, 1.807) is 6.33 Å². The zero-order valence-electron chi connectivity index (χ0n) is 20.4. The van der Waals surface area contributed by atoms with Gasteiger partial charge in [-0.3, -0.25) is 10.00 Å². The fraction of sp³-hybridized carbons (Fsp3) is 0.444. The van der Waals surface area contributed by atoms with Crippen LogP contribution in [0.4, 0.5) is 0 Å². The van der Waals surface area contributed by atoms with E-state index in [0.717, 1.165) is 54.2 Å². The van der Waals surface area contributed by atoms with Gasteiger partial charge in [0.2, 0.25) is 0 Å². The Hall–Kier alpha value is -3.03. The Labute approximate surface area is 200 Å². The van der Waals surface area contributed by atoms with E-state index in [1.165, 1.54) is 28.7 Å². The van der Waals surface area contributed by atoms with E-state index in [9.17, 15) is 0 Å². The van der Waals surface area contributed by atoms with Crippen LogP contribution in [-0.2, 0) is 17.6 Å². The van der Waals surface area contributed by atoms with Crippen molar-refractivity contribution in [2.45, 2.75) is 58.0 Å². The van der Waals surface area contributed by atoms with Crippen LogP contribution in [0.2, 0.25) is 0 Å². The predicted octanol–water partition coefficient (Wildman–Crippen LogP) is 4.41. The summed E-state index contributed by atoms with van der Waals surface area (Å²) in [6, 6.07) is 10.3. The van der Waals surface area contributed by atoms with E-state index in [4.69, 9.17) is 9.84 Å². The van der Waals surface area contributed by atoms with E-state index in [-0.39, 0.29) is 0 Å². The van der Waals surface area contributed by atoms with Gasteiger partial charge in [-0.2, -0.15) is 10.2 Å².